The third kappa shape index (κ3) is 1.89. The van der Waals surface area contributed by atoms with Crippen LogP contribution in [-0.4, -0.2) is 25.9 Å². The second-order valence-electron chi connectivity index (χ2n) is 4.27. The molecule has 1 saturated heterocycles. The molecule has 1 aromatic rings. The maximum Gasteiger partial charge on any atom is 0.324 e. The third-order valence-electron chi connectivity index (χ3n) is 3.19. The van der Waals surface area contributed by atoms with Crippen molar-refractivity contribution in [2.45, 2.75) is 18.5 Å². The highest BCUT2D eigenvalue weighted by Crippen LogP contribution is 2.35. The monoisotopic (exact) mass is 250 g/mol. The molecular weight excluding hydrogens is 236 g/mol. The van der Waals surface area contributed by atoms with Gasteiger partial charge >= 0.3 is 5.97 Å². The standard InChI is InChI=1S/C12H14N2O4/c1-16-12(15)9-5-8(13-14-9)7-2-3-10-11(4-7)18-6-17-10/h2-4,8-9,13-14H,5-6H2,1H3. The predicted octanol–water partition coefficient (Wildman–Crippen LogP) is 0.496. The number of hydrazine groups is 1. The molecule has 0 aliphatic carbocycles. The molecule has 1 fully saturated rings. The summed E-state index contributed by atoms with van der Waals surface area (Å²) in [5, 5.41) is 0. The molecule has 2 N–H and O–H groups in total. The van der Waals surface area contributed by atoms with Gasteiger partial charge in [-0.15, -0.1) is 0 Å². The minimum atomic E-state index is -0.314. The number of carbonyl (C=O) groups is 1. The summed E-state index contributed by atoms with van der Waals surface area (Å²) < 4.78 is 15.3. The summed E-state index contributed by atoms with van der Waals surface area (Å²) in [5.41, 5.74) is 7.06. The van der Waals surface area contributed by atoms with Gasteiger partial charge < -0.3 is 14.2 Å². The van der Waals surface area contributed by atoms with Gasteiger partial charge in [-0.3, -0.25) is 4.79 Å². The minimum Gasteiger partial charge on any atom is -0.468 e. The van der Waals surface area contributed by atoms with Gasteiger partial charge in [0.1, 0.15) is 6.04 Å². The average molecular weight is 250 g/mol. The number of hydrogen-bond acceptors (Lipinski definition) is 6. The molecule has 0 aromatic heterocycles. The van der Waals surface area contributed by atoms with Crippen LogP contribution in [0.1, 0.15) is 18.0 Å². The number of nitrogens with one attached hydrogen (secondary N) is 2. The van der Waals surface area contributed by atoms with Gasteiger partial charge in [0.25, 0.3) is 0 Å². The molecule has 0 amide bonds. The van der Waals surface area contributed by atoms with Crippen molar-refractivity contribution in [1.82, 2.24) is 10.9 Å². The number of hydrogen-bond donors (Lipinski definition) is 2. The molecule has 3 rings (SSSR count). The van der Waals surface area contributed by atoms with Gasteiger partial charge in [-0.25, -0.2) is 10.9 Å². The van der Waals surface area contributed by atoms with Crippen LogP contribution >= 0.6 is 0 Å². The van der Waals surface area contributed by atoms with E-state index < -0.39 is 0 Å². The average Bonchev–Trinajstić information content (AvgIpc) is 3.05. The number of esters is 1. The number of rotatable bonds is 2. The minimum absolute atomic E-state index is 0.0589. The molecule has 0 bridgehead atoms. The van der Waals surface area contributed by atoms with E-state index in [4.69, 9.17) is 14.2 Å². The van der Waals surface area contributed by atoms with Crippen LogP contribution in [0.3, 0.4) is 0 Å². The second-order valence-corrected chi connectivity index (χ2v) is 4.27. The highest BCUT2D eigenvalue weighted by Gasteiger charge is 2.31. The summed E-state index contributed by atoms with van der Waals surface area (Å²) in [4.78, 5) is 11.4. The van der Waals surface area contributed by atoms with Crippen molar-refractivity contribution < 1.29 is 19.0 Å². The SMILES string of the molecule is COC(=O)C1CC(c2ccc3c(c2)OCO3)NN1. The van der Waals surface area contributed by atoms with E-state index in [1.54, 1.807) is 0 Å². The van der Waals surface area contributed by atoms with Crippen molar-refractivity contribution in [3.05, 3.63) is 23.8 Å². The molecule has 2 unspecified atom stereocenters. The van der Waals surface area contributed by atoms with E-state index in [9.17, 15) is 4.79 Å². The molecule has 96 valence electrons. The summed E-state index contributed by atoms with van der Waals surface area (Å²) in [6, 6.07) is 5.52. The number of carbonyl (C=O) groups excluding carboxylic acids is 1. The predicted molar refractivity (Wildman–Crippen MR) is 62.0 cm³/mol. The molecule has 1 aromatic carbocycles. The van der Waals surface area contributed by atoms with Crippen LogP contribution < -0.4 is 20.3 Å². The summed E-state index contributed by atoms with van der Waals surface area (Å²) in [5.74, 6) is 1.25. The molecule has 6 heteroatoms. The molecule has 2 atom stereocenters. The van der Waals surface area contributed by atoms with Gasteiger partial charge in [0, 0.05) is 6.04 Å². The maximum atomic E-state index is 11.4. The zero-order chi connectivity index (χ0) is 12.5. The van der Waals surface area contributed by atoms with E-state index in [1.807, 2.05) is 18.2 Å². The fraction of sp³-hybridized carbons (Fsp3) is 0.417. The topological polar surface area (TPSA) is 68.8 Å². The molecule has 2 heterocycles. The highest BCUT2D eigenvalue weighted by atomic mass is 16.7. The second kappa shape index (κ2) is 4.47. The van der Waals surface area contributed by atoms with Crippen molar-refractivity contribution in [3.8, 4) is 11.5 Å². The van der Waals surface area contributed by atoms with Gasteiger partial charge in [0.2, 0.25) is 6.79 Å². The lowest BCUT2D eigenvalue weighted by molar-refractivity contribution is -0.142. The normalized spacial score (nSPS) is 25.2. The summed E-state index contributed by atoms with van der Waals surface area (Å²) in [6.45, 7) is 0.264. The fourth-order valence-corrected chi connectivity index (χ4v) is 2.20. The zero-order valence-electron chi connectivity index (χ0n) is 9.93. The number of methoxy groups -OCH3 is 1. The molecule has 18 heavy (non-hydrogen) atoms. The Labute approximate surface area is 104 Å². The highest BCUT2D eigenvalue weighted by molar-refractivity contribution is 5.76. The Morgan fingerprint density at radius 2 is 2.17 bits per heavy atom. The largest absolute Gasteiger partial charge is 0.468 e. The zero-order valence-corrected chi connectivity index (χ0v) is 9.93. The van der Waals surface area contributed by atoms with Gasteiger partial charge in [-0.2, -0.15) is 0 Å². The van der Waals surface area contributed by atoms with Crippen LogP contribution in [-0.2, 0) is 9.53 Å². The van der Waals surface area contributed by atoms with Crippen LogP contribution in [0.2, 0.25) is 0 Å². The number of benzene rings is 1. The van der Waals surface area contributed by atoms with Gasteiger partial charge in [-0.05, 0) is 24.1 Å². The van der Waals surface area contributed by atoms with Crippen LogP contribution in [0.4, 0.5) is 0 Å². The quantitative estimate of drug-likeness (QED) is 0.745. The Bertz CT molecular complexity index is 477. The molecule has 0 spiro atoms. The smallest absolute Gasteiger partial charge is 0.324 e. The lowest BCUT2D eigenvalue weighted by atomic mass is 10.0. The summed E-state index contributed by atoms with van der Waals surface area (Å²) in [6.07, 6.45) is 0.645. The van der Waals surface area contributed by atoms with Crippen molar-refractivity contribution in [3.63, 3.8) is 0 Å². The molecular formula is C12H14N2O4. The Morgan fingerprint density at radius 3 is 3.00 bits per heavy atom. The van der Waals surface area contributed by atoms with Crippen LogP contribution in [0.25, 0.3) is 0 Å². The first kappa shape index (κ1) is 11.3. The van der Waals surface area contributed by atoms with Crippen molar-refractivity contribution in [2.24, 2.45) is 0 Å². The van der Waals surface area contributed by atoms with E-state index in [0.29, 0.717) is 6.42 Å². The molecule has 6 nitrogen and oxygen atoms in total. The van der Waals surface area contributed by atoms with E-state index >= 15 is 0 Å². The maximum absolute atomic E-state index is 11.4. The molecule has 0 saturated carbocycles. The number of ether oxygens (including phenoxy) is 3. The first-order valence-corrected chi connectivity index (χ1v) is 5.76. The summed E-state index contributed by atoms with van der Waals surface area (Å²) in [7, 11) is 1.39. The molecule has 0 radical (unpaired) electrons. The van der Waals surface area contributed by atoms with Crippen molar-refractivity contribution >= 4 is 5.97 Å². The van der Waals surface area contributed by atoms with Gasteiger partial charge in [-0.1, -0.05) is 6.07 Å². The Morgan fingerprint density at radius 1 is 1.33 bits per heavy atom. The Hall–Kier alpha value is -1.79. The first-order chi connectivity index (χ1) is 8.78. The first-order valence-electron chi connectivity index (χ1n) is 5.76. The third-order valence-corrected chi connectivity index (χ3v) is 3.19. The lowest BCUT2D eigenvalue weighted by Gasteiger charge is -2.10. The van der Waals surface area contributed by atoms with E-state index in [-0.39, 0.29) is 24.8 Å². The fourth-order valence-electron chi connectivity index (χ4n) is 2.20. The Kier molecular flexibility index (Phi) is 2.81. The molecule has 2 aliphatic heterocycles. The van der Waals surface area contributed by atoms with Crippen molar-refractivity contribution in [1.29, 1.82) is 0 Å². The van der Waals surface area contributed by atoms with E-state index in [2.05, 4.69) is 10.9 Å². The van der Waals surface area contributed by atoms with E-state index in [0.717, 1.165) is 17.1 Å². The number of fused-ring (bicyclic) bond motifs is 1. The van der Waals surface area contributed by atoms with Crippen LogP contribution in [0.5, 0.6) is 11.5 Å². The van der Waals surface area contributed by atoms with Crippen LogP contribution in [0, 0.1) is 0 Å². The Balaban J connectivity index is 1.75. The van der Waals surface area contributed by atoms with Crippen molar-refractivity contribution in [2.75, 3.05) is 13.9 Å². The summed E-state index contributed by atoms with van der Waals surface area (Å²) >= 11 is 0. The molecule has 2 aliphatic rings. The van der Waals surface area contributed by atoms with Gasteiger partial charge in [0.05, 0.1) is 7.11 Å². The lowest BCUT2D eigenvalue weighted by Crippen LogP contribution is -2.36. The van der Waals surface area contributed by atoms with E-state index in [1.165, 1.54) is 7.11 Å². The van der Waals surface area contributed by atoms with Gasteiger partial charge in [0.15, 0.2) is 11.5 Å². The van der Waals surface area contributed by atoms with Crippen LogP contribution in [0.15, 0.2) is 18.2 Å².